The second-order valence-electron chi connectivity index (χ2n) is 10.8. The SMILES string of the molecule is Oc1ccc(-c2cccc(-c3ccccc3)c2)cc1-c1ccccc1-c1cccc(-c2cccc(-c3ccccc3)c2)c1. The molecule has 0 saturated carbocycles. The lowest BCUT2D eigenvalue weighted by Gasteiger charge is -2.15. The van der Waals surface area contributed by atoms with Gasteiger partial charge in [-0.15, -0.1) is 0 Å². The van der Waals surface area contributed by atoms with E-state index in [2.05, 4.69) is 146 Å². The quantitative estimate of drug-likeness (QED) is 0.218. The molecule has 0 atom stereocenters. The standard InChI is InChI=1S/C42H30O/c43-42-25-24-37(35-19-10-17-33(27-35)31-14-5-2-6-15-31)29-41(42)40-23-8-7-22-39(40)38-21-11-20-36(28-38)34-18-9-16-32(26-34)30-12-3-1-4-13-30/h1-29,43H. The molecule has 0 saturated heterocycles. The van der Waals surface area contributed by atoms with Gasteiger partial charge in [0.15, 0.2) is 0 Å². The highest BCUT2D eigenvalue weighted by molar-refractivity contribution is 5.89. The van der Waals surface area contributed by atoms with E-state index in [4.69, 9.17) is 0 Å². The Morgan fingerprint density at radius 2 is 0.605 bits per heavy atom. The van der Waals surface area contributed by atoms with Crippen LogP contribution in [0.4, 0.5) is 0 Å². The molecule has 7 aromatic rings. The molecule has 43 heavy (non-hydrogen) atoms. The van der Waals surface area contributed by atoms with Crippen LogP contribution in [0.25, 0.3) is 66.8 Å². The van der Waals surface area contributed by atoms with Crippen molar-refractivity contribution in [2.24, 2.45) is 0 Å². The van der Waals surface area contributed by atoms with Crippen LogP contribution in [0.15, 0.2) is 176 Å². The van der Waals surface area contributed by atoms with Gasteiger partial charge < -0.3 is 5.11 Å². The zero-order valence-corrected chi connectivity index (χ0v) is 23.7. The zero-order chi connectivity index (χ0) is 29.0. The molecular formula is C42H30O. The number of benzene rings is 7. The normalized spacial score (nSPS) is 10.9. The zero-order valence-electron chi connectivity index (χ0n) is 23.7. The Kier molecular flexibility index (Phi) is 7.13. The molecule has 0 aliphatic heterocycles. The molecule has 0 bridgehead atoms. The van der Waals surface area contributed by atoms with Gasteiger partial charge in [0.05, 0.1) is 0 Å². The lowest BCUT2D eigenvalue weighted by Crippen LogP contribution is -1.89. The number of hydrogen-bond acceptors (Lipinski definition) is 1. The maximum atomic E-state index is 11.1. The van der Waals surface area contributed by atoms with Crippen LogP contribution in [0.2, 0.25) is 0 Å². The average molecular weight is 551 g/mol. The van der Waals surface area contributed by atoms with Crippen molar-refractivity contribution in [1.82, 2.24) is 0 Å². The highest BCUT2D eigenvalue weighted by Gasteiger charge is 2.14. The van der Waals surface area contributed by atoms with Crippen LogP contribution in [-0.4, -0.2) is 5.11 Å². The van der Waals surface area contributed by atoms with Crippen molar-refractivity contribution >= 4 is 0 Å². The third-order valence-electron chi connectivity index (χ3n) is 7.99. The minimum Gasteiger partial charge on any atom is -0.507 e. The third kappa shape index (κ3) is 5.49. The molecule has 0 amide bonds. The highest BCUT2D eigenvalue weighted by Crippen LogP contribution is 2.40. The second kappa shape index (κ2) is 11.7. The Hall–Kier alpha value is -5.66. The first-order valence-corrected chi connectivity index (χ1v) is 14.6. The molecule has 1 nitrogen and oxygen atoms in total. The first-order valence-electron chi connectivity index (χ1n) is 14.6. The molecule has 0 aliphatic rings. The molecule has 7 aromatic carbocycles. The Balaban J connectivity index is 1.27. The molecular weight excluding hydrogens is 520 g/mol. The van der Waals surface area contributed by atoms with Crippen molar-refractivity contribution in [1.29, 1.82) is 0 Å². The van der Waals surface area contributed by atoms with Gasteiger partial charge in [0, 0.05) is 5.56 Å². The first-order chi connectivity index (χ1) is 21.2. The summed E-state index contributed by atoms with van der Waals surface area (Å²) in [7, 11) is 0. The monoisotopic (exact) mass is 550 g/mol. The van der Waals surface area contributed by atoms with Crippen LogP contribution in [-0.2, 0) is 0 Å². The molecule has 0 radical (unpaired) electrons. The van der Waals surface area contributed by atoms with Gasteiger partial charge in [0.25, 0.3) is 0 Å². The molecule has 1 heteroatoms. The number of phenolic OH excluding ortho intramolecular Hbond substituents is 1. The third-order valence-corrected chi connectivity index (χ3v) is 7.99. The predicted molar refractivity (Wildman–Crippen MR) is 181 cm³/mol. The summed E-state index contributed by atoms with van der Waals surface area (Å²) in [6.45, 7) is 0. The van der Waals surface area contributed by atoms with Gasteiger partial charge in [-0.3, -0.25) is 0 Å². The summed E-state index contributed by atoms with van der Waals surface area (Å²) in [4.78, 5) is 0. The molecule has 0 aliphatic carbocycles. The van der Waals surface area contributed by atoms with E-state index < -0.39 is 0 Å². The molecule has 0 aromatic heterocycles. The molecule has 0 spiro atoms. The highest BCUT2D eigenvalue weighted by atomic mass is 16.3. The molecule has 204 valence electrons. The van der Waals surface area contributed by atoms with E-state index in [1.54, 1.807) is 0 Å². The summed E-state index contributed by atoms with van der Waals surface area (Å²) in [5, 5.41) is 11.1. The van der Waals surface area contributed by atoms with Crippen LogP contribution in [0.3, 0.4) is 0 Å². The molecule has 0 unspecified atom stereocenters. The van der Waals surface area contributed by atoms with Gasteiger partial charge in [-0.1, -0.05) is 146 Å². The molecule has 1 N–H and O–H groups in total. The van der Waals surface area contributed by atoms with Crippen LogP contribution in [0.1, 0.15) is 0 Å². The van der Waals surface area contributed by atoms with E-state index >= 15 is 0 Å². The van der Waals surface area contributed by atoms with Crippen molar-refractivity contribution in [3.8, 4) is 72.5 Å². The second-order valence-corrected chi connectivity index (χ2v) is 10.8. The first kappa shape index (κ1) is 26.3. The summed E-state index contributed by atoms with van der Waals surface area (Å²) >= 11 is 0. The molecule has 0 fully saturated rings. The fourth-order valence-corrected chi connectivity index (χ4v) is 5.79. The van der Waals surface area contributed by atoms with Crippen molar-refractivity contribution in [3.05, 3.63) is 176 Å². The predicted octanol–water partition coefficient (Wildman–Crippen LogP) is 11.4. The Morgan fingerprint density at radius 1 is 0.233 bits per heavy atom. The van der Waals surface area contributed by atoms with Gasteiger partial charge in [-0.2, -0.15) is 0 Å². The van der Waals surface area contributed by atoms with Crippen LogP contribution >= 0.6 is 0 Å². The topological polar surface area (TPSA) is 20.2 Å². The van der Waals surface area contributed by atoms with Crippen molar-refractivity contribution in [3.63, 3.8) is 0 Å². The van der Waals surface area contributed by atoms with E-state index in [1.807, 2.05) is 30.3 Å². The molecule has 7 rings (SSSR count). The summed E-state index contributed by atoms with van der Waals surface area (Å²) in [5.41, 5.74) is 13.2. The smallest absolute Gasteiger partial charge is 0.123 e. The van der Waals surface area contributed by atoms with E-state index in [0.29, 0.717) is 0 Å². The number of phenols is 1. The summed E-state index contributed by atoms with van der Waals surface area (Å²) < 4.78 is 0. The fraction of sp³-hybridized carbons (Fsp3) is 0. The van der Waals surface area contributed by atoms with Crippen molar-refractivity contribution in [2.45, 2.75) is 0 Å². The van der Waals surface area contributed by atoms with Crippen molar-refractivity contribution < 1.29 is 5.11 Å². The number of aromatic hydroxyl groups is 1. The summed E-state index contributed by atoms with van der Waals surface area (Å²) in [5.74, 6) is 0.266. The van der Waals surface area contributed by atoms with Crippen LogP contribution < -0.4 is 0 Å². The van der Waals surface area contributed by atoms with Crippen LogP contribution in [0, 0.1) is 0 Å². The van der Waals surface area contributed by atoms with Crippen molar-refractivity contribution in [2.75, 3.05) is 0 Å². The van der Waals surface area contributed by atoms with Gasteiger partial charge in [-0.05, 0) is 91.5 Å². The summed E-state index contributed by atoms with van der Waals surface area (Å²) in [6, 6.07) is 61.0. The average Bonchev–Trinajstić information content (AvgIpc) is 3.09. The van der Waals surface area contributed by atoms with E-state index in [0.717, 1.165) is 38.9 Å². The molecule has 0 heterocycles. The van der Waals surface area contributed by atoms with Gasteiger partial charge in [-0.25, -0.2) is 0 Å². The van der Waals surface area contributed by atoms with Crippen LogP contribution in [0.5, 0.6) is 5.75 Å². The summed E-state index contributed by atoms with van der Waals surface area (Å²) in [6.07, 6.45) is 0. The Labute approximate surface area is 253 Å². The van der Waals surface area contributed by atoms with Gasteiger partial charge in [0.2, 0.25) is 0 Å². The van der Waals surface area contributed by atoms with E-state index in [-0.39, 0.29) is 5.75 Å². The number of rotatable bonds is 6. The Bertz CT molecular complexity index is 2020. The van der Waals surface area contributed by atoms with E-state index in [1.165, 1.54) is 27.8 Å². The minimum absolute atomic E-state index is 0.266. The lowest BCUT2D eigenvalue weighted by atomic mass is 9.90. The minimum atomic E-state index is 0.266. The Morgan fingerprint density at radius 3 is 1.14 bits per heavy atom. The van der Waals surface area contributed by atoms with Gasteiger partial charge >= 0.3 is 0 Å². The lowest BCUT2D eigenvalue weighted by molar-refractivity contribution is 0.477. The maximum Gasteiger partial charge on any atom is 0.123 e. The number of hydrogen-bond donors (Lipinski definition) is 1. The maximum absolute atomic E-state index is 11.1. The largest absolute Gasteiger partial charge is 0.507 e. The van der Waals surface area contributed by atoms with E-state index in [9.17, 15) is 5.11 Å². The fourth-order valence-electron chi connectivity index (χ4n) is 5.79. The van der Waals surface area contributed by atoms with Gasteiger partial charge in [0.1, 0.15) is 5.75 Å².